The number of amides is 2. The van der Waals surface area contributed by atoms with Crippen LogP contribution in [0.15, 0.2) is 40.2 Å². The molecule has 1 heterocycles. The van der Waals surface area contributed by atoms with Crippen LogP contribution in [0, 0.1) is 0 Å². The van der Waals surface area contributed by atoms with Crippen molar-refractivity contribution < 1.29 is 9.59 Å². The van der Waals surface area contributed by atoms with Gasteiger partial charge >= 0.3 is 0 Å². The summed E-state index contributed by atoms with van der Waals surface area (Å²) in [7, 11) is 0. The maximum absolute atomic E-state index is 11.9. The molecule has 2 aromatic rings. The number of hydrogen-bond acceptors (Lipinski definition) is 3. The number of thiophene rings is 1. The van der Waals surface area contributed by atoms with E-state index in [0.717, 1.165) is 8.66 Å². The van der Waals surface area contributed by atoms with Gasteiger partial charge in [-0.05, 0) is 46.3 Å². The molecular formula is C14H13BrN2O2S. The lowest BCUT2D eigenvalue weighted by Crippen LogP contribution is -2.14. The molecule has 1 aromatic carbocycles. The number of rotatable bonds is 4. The predicted octanol–water partition coefficient (Wildman–Crippen LogP) is 3.65. The van der Waals surface area contributed by atoms with Crippen molar-refractivity contribution in [2.24, 2.45) is 0 Å². The smallest absolute Gasteiger partial charge is 0.229 e. The number of halogens is 1. The van der Waals surface area contributed by atoms with E-state index < -0.39 is 0 Å². The Hall–Kier alpha value is -1.66. The van der Waals surface area contributed by atoms with Crippen LogP contribution in [0.1, 0.15) is 11.8 Å². The average Bonchev–Trinajstić information content (AvgIpc) is 2.74. The second-order valence-corrected chi connectivity index (χ2v) is 6.74. The van der Waals surface area contributed by atoms with Gasteiger partial charge in [0.1, 0.15) is 0 Å². The number of anilines is 2. The number of hydrogen-bond donors (Lipinski definition) is 2. The number of carbonyl (C=O) groups is 2. The number of benzene rings is 1. The molecule has 0 radical (unpaired) electrons. The Labute approximate surface area is 129 Å². The van der Waals surface area contributed by atoms with Crippen LogP contribution in [0.2, 0.25) is 0 Å². The highest BCUT2D eigenvalue weighted by molar-refractivity contribution is 9.11. The quantitative estimate of drug-likeness (QED) is 0.882. The van der Waals surface area contributed by atoms with Crippen LogP contribution < -0.4 is 10.6 Å². The summed E-state index contributed by atoms with van der Waals surface area (Å²) in [4.78, 5) is 23.9. The van der Waals surface area contributed by atoms with Gasteiger partial charge in [0, 0.05) is 23.2 Å². The van der Waals surface area contributed by atoms with Crippen molar-refractivity contribution in [3.8, 4) is 0 Å². The first kappa shape index (κ1) is 14.7. The Balaban J connectivity index is 1.98. The zero-order valence-corrected chi connectivity index (χ0v) is 13.2. The summed E-state index contributed by atoms with van der Waals surface area (Å²) in [6.45, 7) is 1.44. The Morgan fingerprint density at radius 2 is 1.85 bits per heavy atom. The molecule has 2 N–H and O–H groups in total. The minimum absolute atomic E-state index is 0.0840. The molecule has 2 amide bonds. The largest absolute Gasteiger partial charge is 0.326 e. The SMILES string of the molecule is CC(=O)Nc1cccc(NC(=O)Cc2ccc(Br)s2)c1. The van der Waals surface area contributed by atoms with Crippen molar-refractivity contribution in [2.75, 3.05) is 10.6 Å². The van der Waals surface area contributed by atoms with E-state index in [4.69, 9.17) is 0 Å². The van der Waals surface area contributed by atoms with Gasteiger partial charge in [-0.2, -0.15) is 0 Å². The van der Waals surface area contributed by atoms with Gasteiger partial charge in [0.15, 0.2) is 0 Å². The minimum atomic E-state index is -0.142. The zero-order valence-electron chi connectivity index (χ0n) is 10.8. The Morgan fingerprint density at radius 3 is 2.45 bits per heavy atom. The Morgan fingerprint density at radius 1 is 1.15 bits per heavy atom. The van der Waals surface area contributed by atoms with Crippen molar-refractivity contribution >= 4 is 50.5 Å². The molecule has 0 atom stereocenters. The fourth-order valence-electron chi connectivity index (χ4n) is 1.69. The third-order valence-corrected chi connectivity index (χ3v) is 4.05. The van der Waals surface area contributed by atoms with Crippen molar-refractivity contribution in [1.29, 1.82) is 0 Å². The van der Waals surface area contributed by atoms with Gasteiger partial charge in [-0.1, -0.05) is 6.07 Å². The molecule has 0 saturated heterocycles. The van der Waals surface area contributed by atoms with Crippen LogP contribution in [0.3, 0.4) is 0 Å². The summed E-state index contributed by atoms with van der Waals surface area (Å²) in [6, 6.07) is 10.9. The lowest BCUT2D eigenvalue weighted by Gasteiger charge is -2.07. The molecule has 0 aliphatic carbocycles. The van der Waals surface area contributed by atoms with E-state index in [0.29, 0.717) is 17.8 Å². The van der Waals surface area contributed by atoms with E-state index in [9.17, 15) is 9.59 Å². The summed E-state index contributed by atoms with van der Waals surface area (Å²) < 4.78 is 1.01. The first-order valence-corrected chi connectivity index (χ1v) is 7.55. The predicted molar refractivity (Wildman–Crippen MR) is 85.1 cm³/mol. The highest BCUT2D eigenvalue weighted by atomic mass is 79.9. The molecule has 1 aromatic heterocycles. The van der Waals surface area contributed by atoms with E-state index in [1.807, 2.05) is 12.1 Å². The zero-order chi connectivity index (χ0) is 14.5. The van der Waals surface area contributed by atoms with E-state index in [1.54, 1.807) is 24.3 Å². The van der Waals surface area contributed by atoms with Crippen LogP contribution in [-0.2, 0) is 16.0 Å². The van der Waals surface area contributed by atoms with Crippen molar-refractivity contribution in [1.82, 2.24) is 0 Å². The van der Waals surface area contributed by atoms with Crippen molar-refractivity contribution in [3.05, 3.63) is 45.1 Å². The van der Waals surface area contributed by atoms with Gasteiger partial charge in [0.2, 0.25) is 11.8 Å². The van der Waals surface area contributed by atoms with Crippen LogP contribution in [0.25, 0.3) is 0 Å². The molecule has 20 heavy (non-hydrogen) atoms. The second-order valence-electron chi connectivity index (χ2n) is 4.19. The summed E-state index contributed by atoms with van der Waals surface area (Å²) in [5.41, 5.74) is 1.33. The topological polar surface area (TPSA) is 58.2 Å². The Bertz CT molecular complexity index is 640. The summed E-state index contributed by atoms with van der Waals surface area (Å²) >= 11 is 4.90. The molecule has 2 rings (SSSR count). The van der Waals surface area contributed by atoms with Crippen molar-refractivity contribution in [2.45, 2.75) is 13.3 Å². The molecule has 0 saturated carbocycles. The monoisotopic (exact) mass is 352 g/mol. The third-order valence-electron chi connectivity index (χ3n) is 2.43. The number of nitrogens with one attached hydrogen (secondary N) is 2. The molecular weight excluding hydrogens is 340 g/mol. The van der Waals surface area contributed by atoms with Crippen LogP contribution in [0.5, 0.6) is 0 Å². The normalized spacial score (nSPS) is 10.1. The van der Waals surface area contributed by atoms with Gasteiger partial charge < -0.3 is 10.6 Å². The van der Waals surface area contributed by atoms with Gasteiger partial charge in [-0.25, -0.2) is 0 Å². The van der Waals surface area contributed by atoms with Crippen LogP contribution in [-0.4, -0.2) is 11.8 Å². The fraction of sp³-hybridized carbons (Fsp3) is 0.143. The Kier molecular flexibility index (Phi) is 4.92. The van der Waals surface area contributed by atoms with Crippen molar-refractivity contribution in [3.63, 3.8) is 0 Å². The molecule has 0 aliphatic rings. The highest BCUT2D eigenvalue weighted by Gasteiger charge is 2.07. The molecule has 6 heteroatoms. The summed E-state index contributed by atoms with van der Waals surface area (Å²) in [5.74, 6) is -0.226. The molecule has 0 bridgehead atoms. The lowest BCUT2D eigenvalue weighted by atomic mass is 10.2. The maximum Gasteiger partial charge on any atom is 0.229 e. The molecule has 0 unspecified atom stereocenters. The minimum Gasteiger partial charge on any atom is -0.326 e. The van der Waals surface area contributed by atoms with Gasteiger partial charge in [-0.3, -0.25) is 9.59 Å². The highest BCUT2D eigenvalue weighted by Crippen LogP contribution is 2.23. The molecule has 0 aliphatic heterocycles. The second kappa shape index (κ2) is 6.67. The average molecular weight is 353 g/mol. The van der Waals surface area contributed by atoms with Gasteiger partial charge in [0.25, 0.3) is 0 Å². The first-order chi connectivity index (χ1) is 9.52. The van der Waals surface area contributed by atoms with Gasteiger partial charge in [-0.15, -0.1) is 11.3 Å². The molecule has 104 valence electrons. The van der Waals surface area contributed by atoms with E-state index in [1.165, 1.54) is 18.3 Å². The van der Waals surface area contributed by atoms with E-state index >= 15 is 0 Å². The lowest BCUT2D eigenvalue weighted by molar-refractivity contribution is -0.115. The molecule has 0 spiro atoms. The van der Waals surface area contributed by atoms with Crippen LogP contribution >= 0.6 is 27.3 Å². The van der Waals surface area contributed by atoms with Crippen LogP contribution in [0.4, 0.5) is 11.4 Å². The molecule has 4 nitrogen and oxygen atoms in total. The summed E-state index contributed by atoms with van der Waals surface area (Å²) in [5, 5.41) is 5.49. The van der Waals surface area contributed by atoms with E-state index in [2.05, 4.69) is 26.6 Å². The van der Waals surface area contributed by atoms with E-state index in [-0.39, 0.29) is 11.8 Å². The third kappa shape index (κ3) is 4.47. The number of carbonyl (C=O) groups excluding carboxylic acids is 2. The standard InChI is InChI=1S/C14H13BrN2O2S/c1-9(18)16-10-3-2-4-11(7-10)17-14(19)8-12-5-6-13(15)20-12/h2-7H,8H2,1H3,(H,16,18)(H,17,19). The maximum atomic E-state index is 11.9. The first-order valence-electron chi connectivity index (χ1n) is 5.94. The summed E-state index contributed by atoms with van der Waals surface area (Å²) in [6.07, 6.45) is 0.334. The van der Waals surface area contributed by atoms with Gasteiger partial charge in [0.05, 0.1) is 10.2 Å². The molecule has 0 fully saturated rings. The fourth-order valence-corrected chi connectivity index (χ4v) is 3.17.